The summed E-state index contributed by atoms with van der Waals surface area (Å²) in [6, 6.07) is 0. The predicted molar refractivity (Wildman–Crippen MR) is 114 cm³/mol. The zero-order chi connectivity index (χ0) is 18.5. The smallest absolute Gasteiger partial charge is 0.333 e. The van der Waals surface area contributed by atoms with E-state index >= 15 is 0 Å². The van der Waals surface area contributed by atoms with E-state index in [-0.39, 0.29) is 32.7 Å². The van der Waals surface area contributed by atoms with Gasteiger partial charge in [-0.3, -0.25) is 4.79 Å². The van der Waals surface area contributed by atoms with E-state index in [1.807, 2.05) is 13.8 Å². The van der Waals surface area contributed by atoms with Crippen molar-refractivity contribution < 1.29 is 19.1 Å². The van der Waals surface area contributed by atoms with E-state index in [4.69, 9.17) is 9.47 Å². The standard InChI is InChI=1S/C11H18O2.C11H16O2.2CH4/c2*1-2-13-11(12)10-7-8-3-5-9(10)6-4-8;;/h8-10H,2-7H2,1H3;7-9H,2-6H2,1H3;2*1H4. The first-order valence-corrected chi connectivity index (χ1v) is 10.7. The first-order valence-electron chi connectivity index (χ1n) is 10.7. The van der Waals surface area contributed by atoms with Crippen LogP contribution in [0.15, 0.2) is 11.6 Å². The van der Waals surface area contributed by atoms with Gasteiger partial charge >= 0.3 is 11.9 Å². The fourth-order valence-electron chi connectivity index (χ4n) is 5.35. The van der Waals surface area contributed by atoms with E-state index < -0.39 is 0 Å². The Morgan fingerprint density at radius 1 is 0.893 bits per heavy atom. The van der Waals surface area contributed by atoms with Crippen LogP contribution in [0, 0.1) is 29.6 Å². The molecule has 4 fully saturated rings. The summed E-state index contributed by atoms with van der Waals surface area (Å²) in [6.45, 7) is 4.78. The van der Waals surface area contributed by atoms with Crippen molar-refractivity contribution in [3.63, 3.8) is 0 Å². The molecule has 0 aliphatic heterocycles. The van der Waals surface area contributed by atoms with Gasteiger partial charge in [0.15, 0.2) is 0 Å². The van der Waals surface area contributed by atoms with E-state index in [1.54, 1.807) is 0 Å². The molecule has 0 aromatic heterocycles. The molecule has 0 heterocycles. The SMILES string of the molecule is C.C.CCOC(=O)C1=CC2CCC1CC2.CCOC(=O)C1CC2CCC1CC2. The number of hydrogen-bond acceptors (Lipinski definition) is 4. The molecule has 0 aromatic carbocycles. The lowest BCUT2D eigenvalue weighted by molar-refractivity contribution is -0.154. The Bertz CT molecular complexity index is 523. The van der Waals surface area contributed by atoms with Gasteiger partial charge in [-0.25, -0.2) is 4.79 Å². The van der Waals surface area contributed by atoms with Crippen LogP contribution in [0.25, 0.3) is 0 Å². The predicted octanol–water partition coefficient (Wildman–Crippen LogP) is 5.94. The summed E-state index contributed by atoms with van der Waals surface area (Å²) < 4.78 is 10.1. The van der Waals surface area contributed by atoms with Gasteiger partial charge in [0, 0.05) is 5.57 Å². The third-order valence-corrected chi connectivity index (χ3v) is 6.78. The minimum atomic E-state index is -0.0723. The minimum absolute atomic E-state index is 0. The lowest BCUT2D eigenvalue weighted by Crippen LogP contribution is -2.36. The monoisotopic (exact) mass is 394 g/mol. The molecule has 0 spiro atoms. The first-order chi connectivity index (χ1) is 12.6. The topological polar surface area (TPSA) is 52.6 Å². The lowest BCUT2D eigenvalue weighted by atomic mass is 9.65. The summed E-state index contributed by atoms with van der Waals surface area (Å²) in [5.74, 6) is 2.86. The number of ether oxygens (including phenoxy) is 2. The van der Waals surface area contributed by atoms with Crippen molar-refractivity contribution in [2.24, 2.45) is 29.6 Å². The molecule has 0 radical (unpaired) electrons. The quantitative estimate of drug-likeness (QED) is 0.553. The largest absolute Gasteiger partial charge is 0.466 e. The molecule has 4 bridgehead atoms. The summed E-state index contributed by atoms with van der Waals surface area (Å²) in [4.78, 5) is 23.1. The number of fused-ring (bicyclic) bond motifs is 5. The number of carbonyl (C=O) groups is 2. The Hall–Kier alpha value is -1.32. The maximum Gasteiger partial charge on any atom is 0.333 e. The summed E-state index contributed by atoms with van der Waals surface area (Å²) >= 11 is 0. The molecule has 4 heteroatoms. The molecule has 6 aliphatic carbocycles. The van der Waals surface area contributed by atoms with Crippen LogP contribution in [0.3, 0.4) is 0 Å². The molecule has 28 heavy (non-hydrogen) atoms. The second kappa shape index (κ2) is 11.6. The minimum Gasteiger partial charge on any atom is -0.466 e. The number of rotatable bonds is 4. The highest BCUT2D eigenvalue weighted by Gasteiger charge is 2.40. The van der Waals surface area contributed by atoms with E-state index in [0.29, 0.717) is 31.0 Å². The second-order valence-corrected chi connectivity index (χ2v) is 8.33. The van der Waals surface area contributed by atoms with Gasteiger partial charge in [-0.2, -0.15) is 0 Å². The molecule has 0 amide bonds. The van der Waals surface area contributed by atoms with Crippen molar-refractivity contribution in [1.29, 1.82) is 0 Å². The van der Waals surface area contributed by atoms with E-state index in [2.05, 4.69) is 6.08 Å². The highest BCUT2D eigenvalue weighted by Crippen LogP contribution is 2.45. The Kier molecular flexibility index (Phi) is 10.3. The number of hydrogen-bond donors (Lipinski definition) is 0. The van der Waals surface area contributed by atoms with Crippen molar-refractivity contribution >= 4 is 11.9 Å². The van der Waals surface area contributed by atoms with Gasteiger partial charge in [0.2, 0.25) is 0 Å². The molecule has 6 rings (SSSR count). The maximum atomic E-state index is 11.6. The van der Waals surface area contributed by atoms with E-state index in [9.17, 15) is 9.59 Å². The van der Waals surface area contributed by atoms with Crippen LogP contribution in [0.4, 0.5) is 0 Å². The maximum absolute atomic E-state index is 11.6. The fourth-order valence-corrected chi connectivity index (χ4v) is 5.35. The average molecular weight is 395 g/mol. The van der Waals surface area contributed by atoms with E-state index in [1.165, 1.54) is 51.4 Å². The van der Waals surface area contributed by atoms with Gasteiger partial charge < -0.3 is 9.47 Å². The number of esters is 2. The van der Waals surface area contributed by atoms with Gasteiger partial charge in [-0.1, -0.05) is 33.8 Å². The van der Waals surface area contributed by atoms with Gasteiger partial charge in [0.25, 0.3) is 0 Å². The normalized spacial score (nSPS) is 31.9. The Labute approximate surface area is 172 Å². The van der Waals surface area contributed by atoms with Crippen molar-refractivity contribution in [1.82, 2.24) is 0 Å². The second-order valence-electron chi connectivity index (χ2n) is 8.33. The molecule has 1 atom stereocenters. The molecular formula is C24H42O4. The van der Waals surface area contributed by atoms with Gasteiger partial charge in [0.05, 0.1) is 19.1 Å². The van der Waals surface area contributed by atoms with Crippen LogP contribution in [0.2, 0.25) is 0 Å². The Balaban J connectivity index is 0.000000261. The summed E-state index contributed by atoms with van der Waals surface area (Å²) in [6.07, 6.45) is 13.4. The highest BCUT2D eigenvalue weighted by molar-refractivity contribution is 5.89. The van der Waals surface area contributed by atoms with Gasteiger partial charge in [-0.05, 0) is 82.5 Å². The molecule has 1 unspecified atom stereocenters. The molecule has 6 aliphatic rings. The van der Waals surface area contributed by atoms with Crippen LogP contribution in [-0.4, -0.2) is 25.2 Å². The summed E-state index contributed by atoms with van der Waals surface area (Å²) in [7, 11) is 0. The average Bonchev–Trinajstić information content (AvgIpc) is 2.70. The zero-order valence-electron chi connectivity index (χ0n) is 16.4. The highest BCUT2D eigenvalue weighted by atomic mass is 16.5. The lowest BCUT2D eigenvalue weighted by Gasteiger charge is -2.40. The zero-order valence-corrected chi connectivity index (χ0v) is 16.4. The number of carbonyl (C=O) groups excluding carboxylic acids is 2. The van der Waals surface area contributed by atoms with Crippen LogP contribution in [-0.2, 0) is 19.1 Å². The molecular weight excluding hydrogens is 352 g/mol. The van der Waals surface area contributed by atoms with Crippen LogP contribution >= 0.6 is 0 Å². The van der Waals surface area contributed by atoms with Crippen molar-refractivity contribution in [3.05, 3.63) is 11.6 Å². The van der Waals surface area contributed by atoms with Crippen molar-refractivity contribution in [2.75, 3.05) is 13.2 Å². The van der Waals surface area contributed by atoms with Crippen LogP contribution < -0.4 is 0 Å². The van der Waals surface area contributed by atoms with Gasteiger partial charge in [0.1, 0.15) is 0 Å². The molecule has 0 saturated heterocycles. The van der Waals surface area contributed by atoms with Crippen LogP contribution in [0.5, 0.6) is 0 Å². The molecule has 4 nitrogen and oxygen atoms in total. The van der Waals surface area contributed by atoms with Crippen molar-refractivity contribution in [2.45, 2.75) is 86.5 Å². The molecule has 0 N–H and O–H groups in total. The fraction of sp³-hybridized carbons (Fsp3) is 0.833. The molecule has 4 saturated carbocycles. The molecule has 162 valence electrons. The summed E-state index contributed by atoms with van der Waals surface area (Å²) in [5.41, 5.74) is 0.962. The van der Waals surface area contributed by atoms with Crippen molar-refractivity contribution in [3.8, 4) is 0 Å². The Morgan fingerprint density at radius 2 is 1.50 bits per heavy atom. The van der Waals surface area contributed by atoms with Crippen LogP contribution in [0.1, 0.15) is 86.5 Å². The van der Waals surface area contributed by atoms with E-state index in [0.717, 1.165) is 17.9 Å². The molecule has 0 aromatic rings. The third-order valence-electron chi connectivity index (χ3n) is 6.78. The number of allylic oxidation sites excluding steroid dienone is 1. The van der Waals surface area contributed by atoms with Gasteiger partial charge in [-0.15, -0.1) is 0 Å². The first kappa shape index (κ1) is 24.7. The Morgan fingerprint density at radius 3 is 1.93 bits per heavy atom. The summed E-state index contributed by atoms with van der Waals surface area (Å²) in [5, 5.41) is 0. The third kappa shape index (κ3) is 5.84.